The van der Waals surface area contributed by atoms with E-state index in [1.165, 1.54) is 23.1 Å². The zero-order valence-corrected chi connectivity index (χ0v) is 17.9. The number of aromatic nitrogens is 2. The second kappa shape index (κ2) is 8.10. The maximum absolute atomic E-state index is 13.9. The van der Waals surface area contributed by atoms with Gasteiger partial charge in [-0.25, -0.2) is 17.2 Å². The third-order valence-corrected chi connectivity index (χ3v) is 6.96. The predicted molar refractivity (Wildman–Crippen MR) is 111 cm³/mol. The van der Waals surface area contributed by atoms with Crippen molar-refractivity contribution in [2.24, 2.45) is 0 Å². The lowest BCUT2D eigenvalue weighted by molar-refractivity contribution is -0.121. The molecule has 0 radical (unpaired) electrons. The minimum atomic E-state index is -4.30. The van der Waals surface area contributed by atoms with Crippen LogP contribution in [0.15, 0.2) is 45.8 Å². The SMILES string of the molecule is O=C1COc2ccc(S(=O)(=O)Nc3cc(F)ccc3F)cc2N1Cc1noc(C2CCC2)n1. The van der Waals surface area contributed by atoms with Crippen molar-refractivity contribution in [2.75, 3.05) is 16.2 Å². The highest BCUT2D eigenvalue weighted by Gasteiger charge is 2.31. The first-order valence-corrected chi connectivity index (χ1v) is 11.7. The Balaban J connectivity index is 1.44. The summed E-state index contributed by atoms with van der Waals surface area (Å²) in [6.07, 6.45) is 3.05. The van der Waals surface area contributed by atoms with Crippen molar-refractivity contribution in [3.63, 3.8) is 0 Å². The minimum absolute atomic E-state index is 0.0408. The molecule has 0 unspecified atom stereocenters. The molecule has 9 nitrogen and oxygen atoms in total. The van der Waals surface area contributed by atoms with Gasteiger partial charge in [0.15, 0.2) is 12.4 Å². The van der Waals surface area contributed by atoms with E-state index in [0.29, 0.717) is 5.89 Å². The molecule has 1 N–H and O–H groups in total. The summed E-state index contributed by atoms with van der Waals surface area (Å²) in [6.45, 7) is -0.278. The molecule has 1 aliphatic carbocycles. The van der Waals surface area contributed by atoms with Crippen molar-refractivity contribution in [2.45, 2.75) is 36.6 Å². The van der Waals surface area contributed by atoms with Crippen LogP contribution in [0.5, 0.6) is 5.75 Å². The third kappa shape index (κ3) is 4.13. The summed E-state index contributed by atoms with van der Waals surface area (Å²) >= 11 is 0. The quantitative estimate of drug-likeness (QED) is 0.580. The predicted octanol–water partition coefficient (Wildman–Crippen LogP) is 3.34. The van der Waals surface area contributed by atoms with Crippen LogP contribution in [0.2, 0.25) is 0 Å². The minimum Gasteiger partial charge on any atom is -0.482 e. The van der Waals surface area contributed by atoms with Crippen LogP contribution in [0.4, 0.5) is 20.2 Å². The van der Waals surface area contributed by atoms with Crippen molar-refractivity contribution < 1.29 is 31.3 Å². The van der Waals surface area contributed by atoms with Crippen LogP contribution in [0, 0.1) is 11.6 Å². The molecule has 1 fully saturated rings. The van der Waals surface area contributed by atoms with E-state index in [2.05, 4.69) is 10.1 Å². The van der Waals surface area contributed by atoms with Gasteiger partial charge in [0, 0.05) is 12.0 Å². The molecular weight excluding hydrogens is 458 g/mol. The highest BCUT2D eigenvalue weighted by Crippen LogP contribution is 2.37. The number of nitrogens with one attached hydrogen (secondary N) is 1. The summed E-state index contributed by atoms with van der Waals surface area (Å²) in [5.74, 6) is -0.834. The molecular formula is C21H18F2N4O5S. The van der Waals surface area contributed by atoms with E-state index in [1.807, 2.05) is 4.72 Å². The number of carbonyl (C=O) groups is 1. The fourth-order valence-corrected chi connectivity index (χ4v) is 4.67. The molecule has 1 amide bonds. The van der Waals surface area contributed by atoms with Gasteiger partial charge in [0.2, 0.25) is 5.89 Å². The molecule has 5 rings (SSSR count). The molecule has 33 heavy (non-hydrogen) atoms. The monoisotopic (exact) mass is 476 g/mol. The molecule has 0 atom stereocenters. The molecule has 1 aromatic heterocycles. The van der Waals surface area contributed by atoms with Gasteiger partial charge in [0.05, 0.1) is 22.8 Å². The number of hydrogen-bond donors (Lipinski definition) is 1. The summed E-state index contributed by atoms with van der Waals surface area (Å²) in [5.41, 5.74) is -0.351. The lowest BCUT2D eigenvalue weighted by atomic mass is 9.85. The Bertz CT molecular complexity index is 1340. The Morgan fingerprint density at radius 3 is 2.73 bits per heavy atom. The molecule has 172 valence electrons. The number of carbonyl (C=O) groups excluding carboxylic acids is 1. The maximum atomic E-state index is 13.9. The van der Waals surface area contributed by atoms with Crippen molar-refractivity contribution in [1.82, 2.24) is 10.1 Å². The number of rotatable bonds is 6. The number of anilines is 2. The third-order valence-electron chi connectivity index (χ3n) is 5.59. The Morgan fingerprint density at radius 1 is 1.15 bits per heavy atom. The van der Waals surface area contributed by atoms with Crippen molar-refractivity contribution in [3.05, 3.63) is 59.7 Å². The molecule has 2 heterocycles. The summed E-state index contributed by atoms with van der Waals surface area (Å²) in [6, 6.07) is 6.29. The van der Waals surface area contributed by atoms with E-state index in [0.717, 1.165) is 37.5 Å². The second-order valence-electron chi connectivity index (χ2n) is 7.80. The number of amides is 1. The van der Waals surface area contributed by atoms with Gasteiger partial charge in [-0.3, -0.25) is 14.4 Å². The van der Waals surface area contributed by atoms with E-state index in [1.54, 1.807) is 0 Å². The largest absolute Gasteiger partial charge is 0.482 e. The molecule has 1 aliphatic heterocycles. The molecule has 12 heteroatoms. The van der Waals surface area contributed by atoms with Crippen LogP contribution in [-0.4, -0.2) is 31.1 Å². The summed E-state index contributed by atoms with van der Waals surface area (Å²) in [5, 5.41) is 3.94. The van der Waals surface area contributed by atoms with Gasteiger partial charge in [0.1, 0.15) is 17.4 Å². The van der Waals surface area contributed by atoms with Crippen LogP contribution in [-0.2, 0) is 21.4 Å². The maximum Gasteiger partial charge on any atom is 0.265 e. The Kier molecular flexibility index (Phi) is 5.23. The van der Waals surface area contributed by atoms with Crippen LogP contribution in [0.25, 0.3) is 0 Å². The zero-order chi connectivity index (χ0) is 23.2. The average molecular weight is 476 g/mol. The van der Waals surface area contributed by atoms with Crippen LogP contribution in [0.1, 0.15) is 36.9 Å². The number of sulfonamides is 1. The molecule has 0 spiro atoms. The smallest absolute Gasteiger partial charge is 0.265 e. The number of fused-ring (bicyclic) bond motifs is 1. The Hall–Kier alpha value is -3.54. The average Bonchev–Trinajstić information content (AvgIpc) is 3.19. The van der Waals surface area contributed by atoms with E-state index >= 15 is 0 Å². The molecule has 1 saturated carbocycles. The van der Waals surface area contributed by atoms with Crippen LogP contribution in [0.3, 0.4) is 0 Å². The topological polar surface area (TPSA) is 115 Å². The summed E-state index contributed by atoms with van der Waals surface area (Å²) in [7, 11) is -4.30. The van der Waals surface area contributed by atoms with Crippen molar-refractivity contribution in [1.29, 1.82) is 0 Å². The lowest BCUT2D eigenvalue weighted by Gasteiger charge is -2.28. The second-order valence-corrected chi connectivity index (χ2v) is 9.49. The van der Waals surface area contributed by atoms with Gasteiger partial charge in [0.25, 0.3) is 15.9 Å². The number of halogens is 2. The summed E-state index contributed by atoms with van der Waals surface area (Å²) < 4.78 is 65.8. The molecule has 0 saturated heterocycles. The van der Waals surface area contributed by atoms with E-state index in [-0.39, 0.29) is 41.2 Å². The lowest BCUT2D eigenvalue weighted by Crippen LogP contribution is -2.38. The zero-order valence-electron chi connectivity index (χ0n) is 17.1. The Labute approximate surface area is 187 Å². The number of hydrogen-bond acceptors (Lipinski definition) is 7. The van der Waals surface area contributed by atoms with Gasteiger partial charge >= 0.3 is 0 Å². The standard InChI is InChI=1S/C21H18F2N4O5S/c22-13-4-6-15(23)16(8-13)26-33(29,30)14-5-7-18-17(9-14)27(20(28)11-31-18)10-19-24-21(32-25-19)12-2-1-3-12/h4-9,12,26H,1-3,10-11H2. The number of nitrogens with zero attached hydrogens (tertiary/aromatic N) is 3. The van der Waals surface area contributed by atoms with E-state index in [4.69, 9.17) is 9.26 Å². The highest BCUT2D eigenvalue weighted by atomic mass is 32.2. The van der Waals surface area contributed by atoms with Crippen LogP contribution < -0.4 is 14.4 Å². The molecule has 0 bridgehead atoms. The van der Waals surface area contributed by atoms with Gasteiger partial charge in [-0.05, 0) is 43.2 Å². The number of ether oxygens (including phenoxy) is 1. The van der Waals surface area contributed by atoms with Crippen molar-refractivity contribution >= 4 is 27.3 Å². The first-order chi connectivity index (χ1) is 15.8. The van der Waals surface area contributed by atoms with Gasteiger partial charge in [-0.15, -0.1) is 0 Å². The number of benzene rings is 2. The fraction of sp³-hybridized carbons (Fsp3) is 0.286. The van der Waals surface area contributed by atoms with Gasteiger partial charge in [-0.1, -0.05) is 11.6 Å². The normalized spacial score (nSPS) is 16.2. The van der Waals surface area contributed by atoms with E-state index in [9.17, 15) is 22.0 Å². The molecule has 3 aromatic rings. The van der Waals surface area contributed by atoms with Crippen LogP contribution >= 0.6 is 0 Å². The highest BCUT2D eigenvalue weighted by molar-refractivity contribution is 7.92. The molecule has 2 aliphatic rings. The van der Waals surface area contributed by atoms with Gasteiger partial charge < -0.3 is 9.26 Å². The first kappa shape index (κ1) is 21.3. The molecule has 2 aromatic carbocycles. The first-order valence-electron chi connectivity index (χ1n) is 10.2. The Morgan fingerprint density at radius 2 is 1.97 bits per heavy atom. The van der Waals surface area contributed by atoms with Gasteiger partial charge in [-0.2, -0.15) is 4.98 Å². The van der Waals surface area contributed by atoms with Crippen molar-refractivity contribution in [3.8, 4) is 5.75 Å². The van der Waals surface area contributed by atoms with E-state index < -0.39 is 33.3 Å². The summed E-state index contributed by atoms with van der Waals surface area (Å²) in [4.78, 5) is 18.0. The fourth-order valence-electron chi connectivity index (χ4n) is 3.60.